The van der Waals surface area contributed by atoms with Crippen molar-refractivity contribution >= 4 is 21.8 Å². The Morgan fingerprint density at radius 3 is 2.61 bits per heavy atom. The molecule has 1 saturated heterocycles. The number of hydrogen-bond donors (Lipinski definition) is 1. The number of hydrogen-bond acceptors (Lipinski definition) is 5. The number of carbonyl (C=O) groups is 1. The molecule has 6 nitrogen and oxygen atoms in total. The molecule has 2 aromatic carbocycles. The van der Waals surface area contributed by atoms with Gasteiger partial charge >= 0.3 is 0 Å². The van der Waals surface area contributed by atoms with E-state index >= 15 is 0 Å². The van der Waals surface area contributed by atoms with Gasteiger partial charge in [0.1, 0.15) is 0 Å². The summed E-state index contributed by atoms with van der Waals surface area (Å²) in [6.07, 6.45) is 2.61. The van der Waals surface area contributed by atoms with Gasteiger partial charge in [0.05, 0.1) is 12.6 Å². The van der Waals surface area contributed by atoms with E-state index in [-0.39, 0.29) is 17.9 Å². The third kappa shape index (κ3) is 6.51. The Morgan fingerprint density at radius 2 is 1.91 bits per heavy atom. The molecule has 1 N–H and O–H groups in total. The van der Waals surface area contributed by atoms with Crippen molar-refractivity contribution in [2.75, 3.05) is 13.1 Å². The van der Waals surface area contributed by atoms with Crippen LogP contribution in [-0.4, -0.2) is 34.0 Å². The van der Waals surface area contributed by atoms with Crippen molar-refractivity contribution < 1.29 is 9.32 Å². The van der Waals surface area contributed by atoms with Crippen LogP contribution in [0.4, 0.5) is 0 Å². The lowest BCUT2D eigenvalue weighted by Crippen LogP contribution is -2.41. The number of amides is 1. The smallest absolute Gasteiger partial charge is 0.241 e. The maximum Gasteiger partial charge on any atom is 0.241 e. The van der Waals surface area contributed by atoms with Crippen LogP contribution in [0.3, 0.4) is 0 Å². The average molecular weight is 511 g/mol. The third-order valence-electron chi connectivity index (χ3n) is 6.09. The molecule has 1 aliphatic heterocycles. The van der Waals surface area contributed by atoms with E-state index < -0.39 is 0 Å². The second kappa shape index (κ2) is 11.1. The van der Waals surface area contributed by atoms with E-state index in [9.17, 15) is 4.79 Å². The van der Waals surface area contributed by atoms with Crippen LogP contribution in [0.1, 0.15) is 50.6 Å². The summed E-state index contributed by atoms with van der Waals surface area (Å²) < 4.78 is 6.46. The monoisotopic (exact) mass is 510 g/mol. The van der Waals surface area contributed by atoms with Crippen LogP contribution in [0.2, 0.25) is 0 Å². The number of piperidine rings is 1. The number of halogens is 1. The zero-order valence-electron chi connectivity index (χ0n) is 19.2. The molecule has 0 aliphatic carbocycles. The van der Waals surface area contributed by atoms with Gasteiger partial charge in [-0.3, -0.25) is 9.69 Å². The number of nitrogens with one attached hydrogen (secondary N) is 1. The highest BCUT2D eigenvalue weighted by Crippen LogP contribution is 2.25. The molecule has 1 aromatic heterocycles. The molecule has 1 unspecified atom stereocenters. The number of nitrogens with zero attached hydrogens (tertiary/aromatic N) is 3. The second-order valence-corrected chi connectivity index (χ2v) is 10.1. The summed E-state index contributed by atoms with van der Waals surface area (Å²) in [5, 5.41) is 7.45. The van der Waals surface area contributed by atoms with Gasteiger partial charge < -0.3 is 9.84 Å². The average Bonchev–Trinajstić information content (AvgIpc) is 3.28. The van der Waals surface area contributed by atoms with E-state index in [2.05, 4.69) is 62.3 Å². The van der Waals surface area contributed by atoms with E-state index in [1.165, 1.54) is 5.56 Å². The molecule has 0 radical (unpaired) electrons. The molecular weight excluding hydrogens is 480 g/mol. The summed E-state index contributed by atoms with van der Waals surface area (Å²) in [6.45, 7) is 6.68. The fourth-order valence-electron chi connectivity index (χ4n) is 4.33. The summed E-state index contributed by atoms with van der Waals surface area (Å²) in [5.41, 5.74) is 2.10. The van der Waals surface area contributed by atoms with Crippen molar-refractivity contribution in [3.05, 3.63) is 70.5 Å². The summed E-state index contributed by atoms with van der Waals surface area (Å²) >= 11 is 3.48. The fourth-order valence-corrected chi connectivity index (χ4v) is 4.73. The lowest BCUT2D eigenvalue weighted by Gasteiger charge is -2.31. The number of carbonyl (C=O) groups excluding carboxylic acids is 1. The minimum Gasteiger partial charge on any atom is -0.349 e. The molecule has 1 atom stereocenters. The SMILES string of the molecule is CC(C)CC(NC(=O)C1CCN(Cc2nc(-c3cccc(Br)c3)no2)CC1)c1ccccc1. The number of aromatic nitrogens is 2. The molecule has 3 aromatic rings. The Kier molecular flexibility index (Phi) is 7.93. The van der Waals surface area contributed by atoms with Gasteiger partial charge in [-0.25, -0.2) is 0 Å². The van der Waals surface area contributed by atoms with Crippen molar-refractivity contribution in [2.45, 2.75) is 45.7 Å². The minimum atomic E-state index is 0.0412. The van der Waals surface area contributed by atoms with Gasteiger partial charge in [0, 0.05) is 16.0 Å². The summed E-state index contributed by atoms with van der Waals surface area (Å²) in [6, 6.07) is 18.2. The Labute approximate surface area is 203 Å². The van der Waals surface area contributed by atoms with Crippen molar-refractivity contribution in [2.24, 2.45) is 11.8 Å². The third-order valence-corrected chi connectivity index (χ3v) is 6.59. The van der Waals surface area contributed by atoms with E-state index in [4.69, 9.17) is 4.52 Å². The molecule has 1 amide bonds. The van der Waals surface area contributed by atoms with Gasteiger partial charge in [0.2, 0.25) is 17.6 Å². The lowest BCUT2D eigenvalue weighted by atomic mass is 9.93. The summed E-state index contributed by atoms with van der Waals surface area (Å²) in [4.78, 5) is 19.9. The molecule has 7 heteroatoms. The molecule has 0 bridgehead atoms. The van der Waals surface area contributed by atoms with Crippen molar-refractivity contribution in [3.8, 4) is 11.4 Å². The topological polar surface area (TPSA) is 71.3 Å². The van der Waals surface area contributed by atoms with Crippen LogP contribution in [-0.2, 0) is 11.3 Å². The molecule has 33 heavy (non-hydrogen) atoms. The fraction of sp³-hybridized carbons (Fsp3) is 0.423. The zero-order valence-corrected chi connectivity index (χ0v) is 20.8. The van der Waals surface area contributed by atoms with Crippen LogP contribution in [0.15, 0.2) is 63.6 Å². The van der Waals surface area contributed by atoms with Gasteiger partial charge in [-0.2, -0.15) is 4.98 Å². The number of likely N-dealkylation sites (tertiary alicyclic amines) is 1. The summed E-state index contributed by atoms with van der Waals surface area (Å²) in [5.74, 6) is 1.92. The van der Waals surface area contributed by atoms with Crippen LogP contribution in [0, 0.1) is 11.8 Å². The van der Waals surface area contributed by atoms with Gasteiger partial charge in [-0.1, -0.05) is 77.4 Å². The highest BCUT2D eigenvalue weighted by Gasteiger charge is 2.28. The Hall–Kier alpha value is -2.51. The quantitative estimate of drug-likeness (QED) is 0.426. The molecular formula is C26H31BrN4O2. The molecule has 1 aliphatic rings. The first-order chi connectivity index (χ1) is 16.0. The number of rotatable bonds is 8. The van der Waals surface area contributed by atoms with Crippen LogP contribution in [0.5, 0.6) is 0 Å². The Morgan fingerprint density at radius 1 is 1.15 bits per heavy atom. The largest absolute Gasteiger partial charge is 0.349 e. The van der Waals surface area contributed by atoms with Crippen molar-refractivity contribution in [3.63, 3.8) is 0 Å². The molecule has 174 valence electrons. The maximum atomic E-state index is 13.0. The van der Waals surface area contributed by atoms with Crippen LogP contribution < -0.4 is 5.32 Å². The highest BCUT2D eigenvalue weighted by atomic mass is 79.9. The van der Waals surface area contributed by atoms with E-state index in [0.717, 1.165) is 42.4 Å². The maximum absolute atomic E-state index is 13.0. The Balaban J connectivity index is 1.30. The van der Waals surface area contributed by atoms with Crippen LogP contribution in [0.25, 0.3) is 11.4 Å². The van der Waals surface area contributed by atoms with Crippen LogP contribution >= 0.6 is 15.9 Å². The predicted molar refractivity (Wildman–Crippen MR) is 132 cm³/mol. The van der Waals surface area contributed by atoms with E-state index in [1.54, 1.807) is 0 Å². The second-order valence-electron chi connectivity index (χ2n) is 9.17. The van der Waals surface area contributed by atoms with Crippen molar-refractivity contribution in [1.29, 1.82) is 0 Å². The first kappa shape index (κ1) is 23.6. The normalized spacial score (nSPS) is 16.1. The first-order valence-corrected chi connectivity index (χ1v) is 12.4. The minimum absolute atomic E-state index is 0.0412. The zero-order chi connectivity index (χ0) is 23.2. The molecule has 0 spiro atoms. The molecule has 1 fully saturated rings. The first-order valence-electron chi connectivity index (χ1n) is 11.6. The molecule has 2 heterocycles. The molecule has 4 rings (SSSR count). The van der Waals surface area contributed by atoms with Gasteiger partial charge in [-0.15, -0.1) is 0 Å². The van der Waals surface area contributed by atoms with Gasteiger partial charge in [0.15, 0.2) is 0 Å². The van der Waals surface area contributed by atoms with E-state index in [1.807, 2.05) is 42.5 Å². The number of benzene rings is 2. The lowest BCUT2D eigenvalue weighted by molar-refractivity contribution is -0.127. The predicted octanol–water partition coefficient (Wildman–Crippen LogP) is 5.61. The summed E-state index contributed by atoms with van der Waals surface area (Å²) in [7, 11) is 0. The highest BCUT2D eigenvalue weighted by molar-refractivity contribution is 9.10. The standard InChI is InChI=1S/C26H31BrN4O2/c1-18(2)15-23(19-7-4-3-5-8-19)28-26(32)20-11-13-31(14-12-20)17-24-29-25(30-33-24)21-9-6-10-22(27)16-21/h3-10,16,18,20,23H,11-15,17H2,1-2H3,(H,28,32). The van der Waals surface area contributed by atoms with Gasteiger partial charge in [0.25, 0.3) is 0 Å². The van der Waals surface area contributed by atoms with E-state index in [0.29, 0.717) is 24.2 Å². The van der Waals surface area contributed by atoms with Gasteiger partial charge in [-0.05, 0) is 56.0 Å². The van der Waals surface area contributed by atoms with Crippen molar-refractivity contribution in [1.82, 2.24) is 20.4 Å². The Bertz CT molecular complexity index is 1050. The molecule has 0 saturated carbocycles.